The van der Waals surface area contributed by atoms with E-state index in [1.54, 1.807) is 32.0 Å². The summed E-state index contributed by atoms with van der Waals surface area (Å²) in [6.45, 7) is 3.23. The molecule has 3 aromatic rings. The lowest BCUT2D eigenvalue weighted by Gasteiger charge is -2.20. The minimum absolute atomic E-state index is 0.0765. The molecule has 1 aliphatic heterocycles. The van der Waals surface area contributed by atoms with Crippen molar-refractivity contribution in [2.24, 2.45) is 0 Å². The van der Waals surface area contributed by atoms with Crippen molar-refractivity contribution < 1.29 is 14.7 Å². The predicted molar refractivity (Wildman–Crippen MR) is 107 cm³/mol. The molecule has 1 aliphatic rings. The third-order valence-corrected chi connectivity index (χ3v) is 5.20. The smallest absolute Gasteiger partial charge is 0.245 e. The van der Waals surface area contributed by atoms with Crippen LogP contribution in [0.25, 0.3) is 11.4 Å². The van der Waals surface area contributed by atoms with Gasteiger partial charge in [0, 0.05) is 10.7 Å². The van der Waals surface area contributed by atoms with Gasteiger partial charge in [-0.05, 0) is 54.1 Å². The third kappa shape index (κ3) is 3.23. The van der Waals surface area contributed by atoms with Gasteiger partial charge in [-0.15, -0.1) is 5.10 Å². The average molecular weight is 458 g/mol. The van der Waals surface area contributed by atoms with Crippen LogP contribution in [0, 0.1) is 0 Å². The van der Waals surface area contributed by atoms with Crippen LogP contribution < -0.4 is 10.2 Å². The number of phenols is 1. The van der Waals surface area contributed by atoms with E-state index in [0.29, 0.717) is 27.1 Å². The van der Waals surface area contributed by atoms with E-state index in [4.69, 9.17) is 0 Å². The normalized spacial score (nSPS) is 14.7. The summed E-state index contributed by atoms with van der Waals surface area (Å²) in [6, 6.07) is 6.66. The van der Waals surface area contributed by atoms with Gasteiger partial charge >= 0.3 is 0 Å². The monoisotopic (exact) mass is 457 g/mol. The zero-order valence-electron chi connectivity index (χ0n) is 15.5. The first kappa shape index (κ1) is 19.0. The number of tetrazole rings is 1. The van der Waals surface area contributed by atoms with Crippen LogP contribution in [-0.2, 0) is 15.0 Å². The number of amides is 2. The Morgan fingerprint density at radius 2 is 2.17 bits per heavy atom. The van der Waals surface area contributed by atoms with E-state index in [1.165, 1.54) is 17.2 Å². The maximum atomic E-state index is 13.0. The summed E-state index contributed by atoms with van der Waals surface area (Å²) in [5, 5.41) is 26.6. The number of rotatable bonds is 4. The number of H-pyrrole nitrogens is 1. The first-order valence-corrected chi connectivity index (χ1v) is 9.42. The zero-order valence-corrected chi connectivity index (χ0v) is 17.1. The lowest BCUT2D eigenvalue weighted by molar-refractivity contribution is -0.124. The van der Waals surface area contributed by atoms with Gasteiger partial charge in [0.1, 0.15) is 18.1 Å². The average Bonchev–Trinajstić information content (AvgIpc) is 3.25. The van der Waals surface area contributed by atoms with Gasteiger partial charge in [-0.1, -0.05) is 15.9 Å². The second kappa shape index (κ2) is 6.92. The van der Waals surface area contributed by atoms with Crippen LogP contribution in [0.15, 0.2) is 34.9 Å². The van der Waals surface area contributed by atoms with E-state index in [9.17, 15) is 14.7 Å². The van der Waals surface area contributed by atoms with Crippen molar-refractivity contribution >= 4 is 39.2 Å². The molecule has 0 spiro atoms. The first-order chi connectivity index (χ1) is 13.8. The number of carbonyl (C=O) groups is 2. The number of phenolic OH excluding ortho intramolecular Hbond substituents is 1. The number of halogens is 1. The molecule has 0 fully saturated rings. The molecule has 2 amide bonds. The predicted octanol–water partition coefficient (Wildman–Crippen LogP) is 1.99. The maximum absolute atomic E-state index is 13.0. The summed E-state index contributed by atoms with van der Waals surface area (Å²) in [5.41, 5.74) is 0.608. The Kier molecular flexibility index (Phi) is 4.53. The molecule has 29 heavy (non-hydrogen) atoms. The third-order valence-electron chi connectivity index (χ3n) is 4.75. The Labute approximate surface area is 173 Å². The molecule has 0 unspecified atom stereocenters. The van der Waals surface area contributed by atoms with E-state index < -0.39 is 11.3 Å². The van der Waals surface area contributed by atoms with Gasteiger partial charge in [0.2, 0.25) is 11.8 Å². The molecule has 0 bridgehead atoms. The Morgan fingerprint density at radius 1 is 1.38 bits per heavy atom. The summed E-state index contributed by atoms with van der Waals surface area (Å²) < 4.78 is 0.653. The molecule has 0 saturated heterocycles. The summed E-state index contributed by atoms with van der Waals surface area (Å²) >= 11 is 3.33. The minimum atomic E-state index is -0.876. The van der Waals surface area contributed by atoms with Gasteiger partial charge in [-0.25, -0.2) is 10.1 Å². The second-order valence-electron chi connectivity index (χ2n) is 7.03. The Bertz CT molecular complexity index is 1110. The fourth-order valence-electron chi connectivity index (χ4n) is 3.33. The van der Waals surface area contributed by atoms with Crippen molar-refractivity contribution in [3.8, 4) is 17.1 Å². The second-order valence-corrected chi connectivity index (χ2v) is 7.95. The molecule has 3 heterocycles. The van der Waals surface area contributed by atoms with Crippen molar-refractivity contribution in [3.63, 3.8) is 0 Å². The van der Waals surface area contributed by atoms with Crippen molar-refractivity contribution in [1.82, 2.24) is 25.6 Å². The number of nitrogens with one attached hydrogen (secondary N) is 2. The summed E-state index contributed by atoms with van der Waals surface area (Å²) in [6.07, 6.45) is 1.52. The van der Waals surface area contributed by atoms with Crippen LogP contribution in [0.4, 0.5) is 11.5 Å². The first-order valence-electron chi connectivity index (χ1n) is 8.63. The SMILES string of the molecule is CC1(C)C(=O)N(CC(=O)Nc2ncccc2-c2nnn[nH]2)c2c(O)cc(Br)cc21. The molecule has 0 aliphatic carbocycles. The van der Waals surface area contributed by atoms with Gasteiger partial charge in [-0.2, -0.15) is 0 Å². The quantitative estimate of drug-likeness (QED) is 0.544. The number of anilines is 2. The highest BCUT2D eigenvalue weighted by atomic mass is 79.9. The van der Waals surface area contributed by atoms with Crippen molar-refractivity contribution in [2.45, 2.75) is 19.3 Å². The number of benzene rings is 1. The summed E-state index contributed by atoms with van der Waals surface area (Å²) in [7, 11) is 0. The largest absolute Gasteiger partial charge is 0.506 e. The van der Waals surface area contributed by atoms with Gasteiger partial charge in [0.15, 0.2) is 5.82 Å². The number of fused-ring (bicyclic) bond motifs is 1. The van der Waals surface area contributed by atoms with E-state index >= 15 is 0 Å². The highest BCUT2D eigenvalue weighted by Gasteiger charge is 2.46. The van der Waals surface area contributed by atoms with Gasteiger partial charge < -0.3 is 10.4 Å². The lowest BCUT2D eigenvalue weighted by atomic mass is 9.86. The maximum Gasteiger partial charge on any atom is 0.245 e. The molecule has 0 atom stereocenters. The number of aromatic amines is 1. The summed E-state index contributed by atoms with van der Waals surface area (Å²) in [5.74, 6) is -0.234. The molecular weight excluding hydrogens is 442 g/mol. The van der Waals surface area contributed by atoms with Gasteiger partial charge in [0.25, 0.3) is 0 Å². The molecule has 3 N–H and O–H groups in total. The standard InChI is InChI=1S/C18H16BrN7O3/c1-18(2)11-6-9(19)7-12(27)14(11)26(17(18)29)8-13(28)21-15-10(4-3-5-20-15)16-22-24-25-23-16/h3-7,27H,8H2,1-2H3,(H,20,21,28)(H,22,23,24,25). The fraction of sp³-hybridized carbons (Fsp3) is 0.222. The molecule has 0 radical (unpaired) electrons. The number of hydrogen-bond acceptors (Lipinski definition) is 7. The van der Waals surface area contributed by atoms with Crippen molar-refractivity contribution in [1.29, 1.82) is 0 Å². The van der Waals surface area contributed by atoms with E-state index in [0.717, 1.165) is 0 Å². The van der Waals surface area contributed by atoms with Crippen LogP contribution in [-0.4, -0.2) is 49.1 Å². The van der Waals surface area contributed by atoms with E-state index in [-0.39, 0.29) is 24.0 Å². The Balaban J connectivity index is 1.62. The molecule has 2 aromatic heterocycles. The van der Waals surface area contributed by atoms with Gasteiger partial charge in [0.05, 0.1) is 16.7 Å². The number of pyridine rings is 1. The van der Waals surface area contributed by atoms with Crippen molar-refractivity contribution in [3.05, 3.63) is 40.5 Å². The topological polar surface area (TPSA) is 137 Å². The number of nitrogens with zero attached hydrogens (tertiary/aromatic N) is 5. The molecule has 11 heteroatoms. The number of hydrogen-bond donors (Lipinski definition) is 3. The number of carbonyl (C=O) groups excluding carboxylic acids is 2. The molecule has 10 nitrogen and oxygen atoms in total. The molecular formula is C18H16BrN7O3. The van der Waals surface area contributed by atoms with Crippen LogP contribution in [0.2, 0.25) is 0 Å². The Morgan fingerprint density at radius 3 is 2.90 bits per heavy atom. The van der Waals surface area contributed by atoms with Gasteiger partial charge in [-0.3, -0.25) is 14.5 Å². The highest BCUT2D eigenvalue weighted by Crippen LogP contribution is 2.47. The molecule has 1 aromatic carbocycles. The number of aromatic hydroxyl groups is 1. The van der Waals surface area contributed by atoms with Crippen LogP contribution in [0.3, 0.4) is 0 Å². The van der Waals surface area contributed by atoms with Crippen LogP contribution in [0.1, 0.15) is 19.4 Å². The zero-order chi connectivity index (χ0) is 20.8. The molecule has 148 valence electrons. The number of aromatic nitrogens is 5. The van der Waals surface area contributed by atoms with E-state index in [2.05, 4.69) is 46.9 Å². The van der Waals surface area contributed by atoms with E-state index in [1.807, 2.05) is 0 Å². The van der Waals surface area contributed by atoms with Crippen molar-refractivity contribution in [2.75, 3.05) is 16.8 Å². The van der Waals surface area contributed by atoms with Crippen LogP contribution in [0.5, 0.6) is 5.75 Å². The molecule has 4 rings (SSSR count). The fourth-order valence-corrected chi connectivity index (χ4v) is 3.78. The summed E-state index contributed by atoms with van der Waals surface area (Å²) in [4.78, 5) is 31.1. The highest BCUT2D eigenvalue weighted by molar-refractivity contribution is 9.10. The Hall–Kier alpha value is -3.34. The lowest BCUT2D eigenvalue weighted by Crippen LogP contribution is -2.41. The minimum Gasteiger partial charge on any atom is -0.506 e. The molecule has 0 saturated carbocycles. The van der Waals surface area contributed by atoms with Crippen LogP contribution >= 0.6 is 15.9 Å².